The molecule has 2 aromatic rings. The molecule has 0 aliphatic rings. The maximum absolute atomic E-state index is 13.6. The van der Waals surface area contributed by atoms with E-state index < -0.39 is 0 Å². The highest BCUT2D eigenvalue weighted by molar-refractivity contribution is 7.99. The Bertz CT molecular complexity index is 445. The molecule has 0 fully saturated rings. The first-order chi connectivity index (χ1) is 6.24. The summed E-state index contributed by atoms with van der Waals surface area (Å²) in [6.45, 7) is 1.81. The minimum Gasteiger partial charge on any atom is -0.205 e. The molecule has 0 amide bonds. The summed E-state index contributed by atoms with van der Waals surface area (Å²) in [5.41, 5.74) is 0.732. The Labute approximate surface area is 84.8 Å². The quantitative estimate of drug-likeness (QED) is 0.642. The highest BCUT2D eigenvalue weighted by Crippen LogP contribution is 2.34. The number of benzene rings is 1. The van der Waals surface area contributed by atoms with E-state index in [-0.39, 0.29) is 5.82 Å². The minimum absolute atomic E-state index is 0.0672. The van der Waals surface area contributed by atoms with Crippen LogP contribution in [0.2, 0.25) is 0 Å². The van der Waals surface area contributed by atoms with E-state index in [1.807, 2.05) is 30.7 Å². The van der Waals surface area contributed by atoms with Crippen LogP contribution in [0.15, 0.2) is 22.4 Å². The van der Waals surface area contributed by atoms with Crippen molar-refractivity contribution in [1.29, 1.82) is 0 Å². The van der Waals surface area contributed by atoms with Gasteiger partial charge in [-0.15, -0.1) is 23.1 Å². The average Bonchev–Trinajstić information content (AvgIpc) is 2.54. The summed E-state index contributed by atoms with van der Waals surface area (Å²) < 4.78 is 14.7. The Hall–Kier alpha value is -0.540. The van der Waals surface area contributed by atoms with Gasteiger partial charge in [0.1, 0.15) is 5.82 Å². The summed E-state index contributed by atoms with van der Waals surface area (Å²) in [6.07, 6.45) is 1.91. The molecule has 68 valence electrons. The second-order valence-electron chi connectivity index (χ2n) is 2.88. The second-order valence-corrected chi connectivity index (χ2v) is 4.61. The third-order valence-corrected chi connectivity index (χ3v) is 3.89. The van der Waals surface area contributed by atoms with Crippen LogP contribution in [0, 0.1) is 12.7 Å². The molecule has 1 aromatic heterocycles. The van der Waals surface area contributed by atoms with Crippen molar-refractivity contribution < 1.29 is 4.39 Å². The van der Waals surface area contributed by atoms with Crippen LogP contribution in [0.5, 0.6) is 0 Å². The van der Waals surface area contributed by atoms with Crippen LogP contribution in [0.4, 0.5) is 4.39 Å². The molecule has 0 atom stereocenters. The summed E-state index contributed by atoms with van der Waals surface area (Å²) in [6, 6.07) is 3.94. The zero-order chi connectivity index (χ0) is 9.42. The van der Waals surface area contributed by atoms with Crippen molar-refractivity contribution in [2.45, 2.75) is 11.8 Å². The first-order valence-electron chi connectivity index (χ1n) is 3.94. The lowest BCUT2D eigenvalue weighted by Crippen LogP contribution is -1.85. The third kappa shape index (κ3) is 1.36. The van der Waals surface area contributed by atoms with Gasteiger partial charge in [-0.3, -0.25) is 0 Å². The molecule has 0 saturated heterocycles. The maximum atomic E-state index is 13.6. The van der Waals surface area contributed by atoms with E-state index in [1.165, 1.54) is 11.8 Å². The predicted molar refractivity (Wildman–Crippen MR) is 58.3 cm³/mol. The van der Waals surface area contributed by atoms with E-state index in [0.717, 1.165) is 20.5 Å². The molecule has 0 spiro atoms. The van der Waals surface area contributed by atoms with Crippen molar-refractivity contribution in [3.05, 3.63) is 28.9 Å². The fourth-order valence-corrected chi connectivity index (χ4v) is 3.22. The Kier molecular flexibility index (Phi) is 2.30. The van der Waals surface area contributed by atoms with Gasteiger partial charge in [0.25, 0.3) is 0 Å². The molecule has 0 aliphatic heterocycles. The molecule has 1 heterocycles. The molecule has 2 rings (SSSR count). The number of halogens is 1. The van der Waals surface area contributed by atoms with E-state index in [0.29, 0.717) is 0 Å². The number of thioether (sulfide) groups is 1. The fourth-order valence-electron chi connectivity index (χ4n) is 1.38. The highest BCUT2D eigenvalue weighted by atomic mass is 32.2. The van der Waals surface area contributed by atoms with E-state index in [2.05, 4.69) is 0 Å². The van der Waals surface area contributed by atoms with Gasteiger partial charge in [-0.2, -0.15) is 0 Å². The van der Waals surface area contributed by atoms with Crippen molar-refractivity contribution in [2.24, 2.45) is 0 Å². The van der Waals surface area contributed by atoms with Gasteiger partial charge in [0.15, 0.2) is 0 Å². The van der Waals surface area contributed by atoms with Gasteiger partial charge in [0.05, 0.1) is 9.60 Å². The van der Waals surface area contributed by atoms with Crippen molar-refractivity contribution >= 4 is 33.2 Å². The lowest BCUT2D eigenvalue weighted by molar-refractivity contribution is 0.597. The lowest BCUT2D eigenvalue weighted by Gasteiger charge is -2.03. The third-order valence-electron chi connectivity index (χ3n) is 2.02. The Morgan fingerprint density at radius 3 is 2.92 bits per heavy atom. The molecule has 13 heavy (non-hydrogen) atoms. The predicted octanol–water partition coefficient (Wildman–Crippen LogP) is 4.07. The molecular weight excluding hydrogens is 203 g/mol. The zero-order valence-electron chi connectivity index (χ0n) is 7.43. The van der Waals surface area contributed by atoms with Crippen LogP contribution in [0.25, 0.3) is 10.1 Å². The molecule has 3 heteroatoms. The standard InChI is InChI=1S/C10H9FS2/c1-6-5-7-3-4-13-9(7)10(12-2)8(6)11/h3-5H,1-2H3. The monoisotopic (exact) mass is 212 g/mol. The molecule has 0 saturated carbocycles. The van der Waals surface area contributed by atoms with Crippen LogP contribution in [-0.2, 0) is 0 Å². The van der Waals surface area contributed by atoms with E-state index in [4.69, 9.17) is 0 Å². The van der Waals surface area contributed by atoms with Crippen molar-refractivity contribution in [3.8, 4) is 0 Å². The van der Waals surface area contributed by atoms with E-state index in [1.54, 1.807) is 11.3 Å². The van der Waals surface area contributed by atoms with Crippen molar-refractivity contribution in [1.82, 2.24) is 0 Å². The van der Waals surface area contributed by atoms with Gasteiger partial charge in [0.2, 0.25) is 0 Å². The maximum Gasteiger partial charge on any atom is 0.141 e. The van der Waals surface area contributed by atoms with E-state index in [9.17, 15) is 4.39 Å². The Balaban J connectivity index is 2.87. The lowest BCUT2D eigenvalue weighted by atomic mass is 10.2. The summed E-state index contributed by atoms with van der Waals surface area (Å²) >= 11 is 3.08. The van der Waals surface area contributed by atoms with Crippen LogP contribution in [-0.4, -0.2) is 6.26 Å². The van der Waals surface area contributed by atoms with Crippen LogP contribution in [0.1, 0.15) is 5.56 Å². The van der Waals surface area contributed by atoms with E-state index >= 15 is 0 Å². The van der Waals surface area contributed by atoms with Gasteiger partial charge in [0, 0.05) is 0 Å². The second kappa shape index (κ2) is 3.31. The highest BCUT2D eigenvalue weighted by Gasteiger charge is 2.10. The first-order valence-corrected chi connectivity index (χ1v) is 6.04. The van der Waals surface area contributed by atoms with Gasteiger partial charge >= 0.3 is 0 Å². The zero-order valence-corrected chi connectivity index (χ0v) is 9.06. The molecule has 0 radical (unpaired) electrons. The van der Waals surface area contributed by atoms with Crippen LogP contribution >= 0.6 is 23.1 Å². The normalized spacial score (nSPS) is 11.0. The molecular formula is C10H9FS2. The van der Waals surface area contributed by atoms with Crippen LogP contribution < -0.4 is 0 Å². The Morgan fingerprint density at radius 1 is 1.46 bits per heavy atom. The number of fused-ring (bicyclic) bond motifs is 1. The summed E-state index contributed by atoms with van der Waals surface area (Å²) in [4.78, 5) is 0.782. The summed E-state index contributed by atoms with van der Waals surface area (Å²) in [7, 11) is 0. The van der Waals surface area contributed by atoms with Gasteiger partial charge in [-0.25, -0.2) is 4.39 Å². The fraction of sp³-hybridized carbons (Fsp3) is 0.200. The molecule has 0 unspecified atom stereocenters. The largest absolute Gasteiger partial charge is 0.205 e. The van der Waals surface area contributed by atoms with Crippen molar-refractivity contribution in [2.75, 3.05) is 6.26 Å². The number of rotatable bonds is 1. The Morgan fingerprint density at radius 2 is 2.23 bits per heavy atom. The molecule has 0 aliphatic carbocycles. The first kappa shape index (κ1) is 9.03. The summed E-state index contributed by atoms with van der Waals surface area (Å²) in [5.74, 6) is -0.0672. The number of hydrogen-bond donors (Lipinski definition) is 0. The van der Waals surface area contributed by atoms with Gasteiger partial charge < -0.3 is 0 Å². The molecule has 0 bridgehead atoms. The smallest absolute Gasteiger partial charge is 0.141 e. The topological polar surface area (TPSA) is 0 Å². The number of hydrogen-bond acceptors (Lipinski definition) is 2. The molecule has 0 nitrogen and oxygen atoms in total. The average molecular weight is 212 g/mol. The summed E-state index contributed by atoms with van der Waals surface area (Å²) in [5, 5.41) is 3.15. The van der Waals surface area contributed by atoms with Crippen molar-refractivity contribution in [3.63, 3.8) is 0 Å². The number of thiophene rings is 1. The molecule has 1 aromatic carbocycles. The minimum atomic E-state index is -0.0672. The van der Waals surface area contributed by atoms with Gasteiger partial charge in [-0.05, 0) is 41.6 Å². The van der Waals surface area contributed by atoms with Gasteiger partial charge in [-0.1, -0.05) is 0 Å². The molecule has 0 N–H and O–H groups in total. The SMILES string of the molecule is CSc1c(F)c(C)cc2ccsc12. The number of aryl methyl sites for hydroxylation is 1. The van der Waals surface area contributed by atoms with Crippen LogP contribution in [0.3, 0.4) is 0 Å².